The molecule has 0 aromatic heterocycles. The topological polar surface area (TPSA) is 66.5 Å². The lowest BCUT2D eigenvalue weighted by atomic mass is 9.88. The first-order chi connectivity index (χ1) is 13.0. The molecule has 0 bridgehead atoms. The summed E-state index contributed by atoms with van der Waals surface area (Å²) in [5, 5.41) is 20.6. The van der Waals surface area contributed by atoms with E-state index in [0.717, 1.165) is 19.3 Å². The summed E-state index contributed by atoms with van der Waals surface area (Å²) < 4.78 is 0. The van der Waals surface area contributed by atoms with Gasteiger partial charge in [-0.3, -0.25) is 0 Å². The van der Waals surface area contributed by atoms with E-state index in [1.54, 1.807) is 6.08 Å². The van der Waals surface area contributed by atoms with Crippen molar-refractivity contribution in [2.45, 2.75) is 97.3 Å². The van der Waals surface area contributed by atoms with Crippen LogP contribution in [0.3, 0.4) is 0 Å². The van der Waals surface area contributed by atoms with Crippen molar-refractivity contribution < 1.29 is 10.2 Å². The smallest absolute Gasteiger partial charge is 0.0724 e. The molecule has 0 rings (SSSR count). The number of unbranched alkanes of at least 4 members (excludes halogenated alkanes) is 3. The summed E-state index contributed by atoms with van der Waals surface area (Å²) in [6, 6.07) is -0.258. The summed E-state index contributed by atoms with van der Waals surface area (Å²) in [5.41, 5.74) is 7.54. The molecule has 27 heavy (non-hydrogen) atoms. The van der Waals surface area contributed by atoms with Gasteiger partial charge < -0.3 is 15.9 Å². The Labute approximate surface area is 167 Å². The Morgan fingerprint density at radius 2 is 1.78 bits per heavy atom. The lowest BCUT2D eigenvalue weighted by molar-refractivity contribution is 0.0976. The van der Waals surface area contributed by atoms with E-state index in [4.69, 9.17) is 5.73 Å². The molecule has 4 N–H and O–H groups in total. The van der Waals surface area contributed by atoms with E-state index < -0.39 is 12.2 Å². The van der Waals surface area contributed by atoms with Crippen molar-refractivity contribution in [1.82, 2.24) is 0 Å². The molecule has 0 aromatic carbocycles. The highest BCUT2D eigenvalue weighted by Gasteiger charge is 2.21. The first-order valence-corrected chi connectivity index (χ1v) is 10.7. The number of nitrogens with two attached hydrogens (primary N) is 1. The van der Waals surface area contributed by atoms with Crippen LogP contribution in [0.2, 0.25) is 0 Å². The zero-order valence-electron chi connectivity index (χ0n) is 18.0. The fraction of sp³-hybridized carbons (Fsp3) is 0.667. The van der Waals surface area contributed by atoms with Crippen molar-refractivity contribution in [3.05, 3.63) is 48.1 Å². The maximum absolute atomic E-state index is 10.3. The van der Waals surface area contributed by atoms with Gasteiger partial charge in [-0.15, -0.1) is 0 Å². The monoisotopic (exact) mass is 377 g/mol. The van der Waals surface area contributed by atoms with E-state index in [1.165, 1.54) is 24.8 Å². The van der Waals surface area contributed by atoms with Crippen LogP contribution in [0, 0.1) is 5.92 Å². The first kappa shape index (κ1) is 25.8. The second-order valence-corrected chi connectivity index (χ2v) is 7.27. The van der Waals surface area contributed by atoms with Crippen LogP contribution in [0.5, 0.6) is 0 Å². The van der Waals surface area contributed by atoms with Gasteiger partial charge in [-0.1, -0.05) is 74.8 Å². The molecule has 0 amide bonds. The van der Waals surface area contributed by atoms with Crippen LogP contribution in [-0.2, 0) is 0 Å². The van der Waals surface area contributed by atoms with Crippen LogP contribution in [0.1, 0.15) is 79.1 Å². The summed E-state index contributed by atoms with van der Waals surface area (Å²) in [6.07, 6.45) is 21.0. The van der Waals surface area contributed by atoms with Crippen molar-refractivity contribution in [3.8, 4) is 0 Å². The highest BCUT2D eigenvalue weighted by atomic mass is 16.3. The van der Waals surface area contributed by atoms with Crippen LogP contribution in [0.4, 0.5) is 0 Å². The van der Waals surface area contributed by atoms with Crippen LogP contribution in [0.25, 0.3) is 0 Å². The van der Waals surface area contributed by atoms with Crippen LogP contribution in [0.15, 0.2) is 48.1 Å². The molecule has 0 aliphatic carbocycles. The number of hydrogen-bond donors (Lipinski definition) is 3. The van der Waals surface area contributed by atoms with Gasteiger partial charge >= 0.3 is 0 Å². The minimum Gasteiger partial charge on any atom is -0.393 e. The number of aliphatic hydroxyl groups excluding tert-OH is 2. The van der Waals surface area contributed by atoms with Crippen molar-refractivity contribution in [2.24, 2.45) is 11.7 Å². The van der Waals surface area contributed by atoms with Gasteiger partial charge in [0.25, 0.3) is 0 Å². The molecule has 0 heterocycles. The van der Waals surface area contributed by atoms with Gasteiger partial charge in [0.05, 0.1) is 12.2 Å². The average Bonchev–Trinajstić information content (AvgIpc) is 2.68. The predicted molar refractivity (Wildman–Crippen MR) is 119 cm³/mol. The van der Waals surface area contributed by atoms with Crippen molar-refractivity contribution in [2.75, 3.05) is 0 Å². The zero-order valence-corrected chi connectivity index (χ0v) is 18.0. The maximum Gasteiger partial charge on any atom is 0.0724 e. The van der Waals surface area contributed by atoms with Gasteiger partial charge in [0.15, 0.2) is 0 Å². The molecule has 4 unspecified atom stereocenters. The number of hydrogen-bond acceptors (Lipinski definition) is 3. The van der Waals surface area contributed by atoms with Crippen LogP contribution >= 0.6 is 0 Å². The molecule has 0 aliphatic rings. The largest absolute Gasteiger partial charge is 0.393 e. The predicted octanol–water partition coefficient (Wildman–Crippen LogP) is 5.45. The standard InChI is InChI=1S/C24H43NO2/c1-5-9-10-11-12-13-15-22(24(27)8-4)23(25)19-18-21(26)17-16-20(7-3)14-6-2/h6-7,12-14,18-19,21-24,26-27H,5,8-11,15-17,25H2,1-4H3/b13-12-,14-6-,19-18+,20-7+. The Balaban J connectivity index is 4.60. The normalized spacial score (nSPS) is 17.8. The molecule has 0 aliphatic heterocycles. The van der Waals surface area contributed by atoms with Gasteiger partial charge in [0, 0.05) is 12.0 Å². The Bertz CT molecular complexity index is 465. The second kappa shape index (κ2) is 17.0. The van der Waals surface area contributed by atoms with Crippen LogP contribution in [-0.4, -0.2) is 28.5 Å². The number of aliphatic hydroxyl groups is 2. The summed E-state index contributed by atoms with van der Waals surface area (Å²) in [7, 11) is 0. The molecule has 0 saturated carbocycles. The van der Waals surface area contributed by atoms with E-state index in [1.807, 2.05) is 32.9 Å². The molecule has 3 heteroatoms. The van der Waals surface area contributed by atoms with Gasteiger partial charge in [-0.25, -0.2) is 0 Å². The minimum atomic E-state index is -0.514. The third kappa shape index (κ3) is 12.8. The van der Waals surface area contributed by atoms with E-state index in [0.29, 0.717) is 12.8 Å². The van der Waals surface area contributed by atoms with E-state index in [2.05, 4.69) is 31.2 Å². The van der Waals surface area contributed by atoms with Gasteiger partial charge in [0.1, 0.15) is 0 Å². The van der Waals surface area contributed by atoms with Crippen molar-refractivity contribution in [3.63, 3.8) is 0 Å². The summed E-state index contributed by atoms with van der Waals surface area (Å²) in [4.78, 5) is 0. The number of rotatable bonds is 15. The summed E-state index contributed by atoms with van der Waals surface area (Å²) in [6.45, 7) is 8.20. The third-order valence-electron chi connectivity index (χ3n) is 4.99. The Kier molecular flexibility index (Phi) is 16.2. The summed E-state index contributed by atoms with van der Waals surface area (Å²) in [5.74, 6) is -0.0185. The van der Waals surface area contributed by atoms with E-state index in [-0.39, 0.29) is 12.0 Å². The number of allylic oxidation sites excluding steroid dienone is 6. The quantitative estimate of drug-likeness (QED) is 0.202. The lowest BCUT2D eigenvalue weighted by Gasteiger charge is -2.25. The Hall–Kier alpha value is -1.16. The van der Waals surface area contributed by atoms with E-state index in [9.17, 15) is 10.2 Å². The first-order valence-electron chi connectivity index (χ1n) is 10.7. The van der Waals surface area contributed by atoms with E-state index >= 15 is 0 Å². The van der Waals surface area contributed by atoms with Gasteiger partial charge in [-0.05, 0) is 52.4 Å². The summed E-state index contributed by atoms with van der Waals surface area (Å²) >= 11 is 0. The minimum absolute atomic E-state index is 0.0185. The highest BCUT2D eigenvalue weighted by molar-refractivity contribution is 5.17. The molecule has 0 spiro atoms. The molecular weight excluding hydrogens is 334 g/mol. The van der Waals surface area contributed by atoms with Gasteiger partial charge in [-0.2, -0.15) is 0 Å². The fourth-order valence-electron chi connectivity index (χ4n) is 3.10. The Morgan fingerprint density at radius 3 is 2.37 bits per heavy atom. The molecule has 156 valence electrons. The van der Waals surface area contributed by atoms with Gasteiger partial charge in [0.2, 0.25) is 0 Å². The zero-order chi connectivity index (χ0) is 20.5. The van der Waals surface area contributed by atoms with Crippen molar-refractivity contribution in [1.29, 1.82) is 0 Å². The highest BCUT2D eigenvalue weighted by Crippen LogP contribution is 2.19. The molecule has 0 fully saturated rings. The molecule has 4 atom stereocenters. The van der Waals surface area contributed by atoms with Crippen molar-refractivity contribution >= 4 is 0 Å². The average molecular weight is 378 g/mol. The fourth-order valence-corrected chi connectivity index (χ4v) is 3.10. The SMILES string of the molecule is C/C=C\C(=C/C)CCC(O)/C=C/C(N)C(C/C=C\CCCCC)C(O)CC. The second-order valence-electron chi connectivity index (χ2n) is 7.27. The van der Waals surface area contributed by atoms with Crippen LogP contribution < -0.4 is 5.73 Å². The molecular formula is C24H43NO2. The molecule has 0 saturated heterocycles. The maximum atomic E-state index is 10.3. The molecule has 0 radical (unpaired) electrons. The molecule has 3 nitrogen and oxygen atoms in total. The Morgan fingerprint density at radius 1 is 1.04 bits per heavy atom. The molecule has 0 aromatic rings. The lowest BCUT2D eigenvalue weighted by Crippen LogP contribution is -2.36. The third-order valence-corrected chi connectivity index (χ3v) is 4.99.